The second-order valence-corrected chi connectivity index (χ2v) is 4.60. The van der Waals surface area contributed by atoms with Crippen molar-refractivity contribution in [3.8, 4) is 0 Å². The van der Waals surface area contributed by atoms with E-state index in [0.717, 1.165) is 11.3 Å². The molecule has 0 aliphatic rings. The first-order valence-corrected chi connectivity index (χ1v) is 6.35. The first kappa shape index (κ1) is 13.9. The van der Waals surface area contributed by atoms with Crippen LogP contribution in [0.5, 0.6) is 0 Å². The van der Waals surface area contributed by atoms with Gasteiger partial charge in [-0.1, -0.05) is 23.4 Å². The highest BCUT2D eigenvalue weighted by Gasteiger charge is 2.08. The molecule has 0 saturated heterocycles. The Hall–Kier alpha value is -2.56. The summed E-state index contributed by atoms with van der Waals surface area (Å²) >= 11 is 0. The van der Waals surface area contributed by atoms with Crippen LogP contribution in [0.25, 0.3) is 0 Å². The minimum absolute atomic E-state index is 0.0170. The van der Waals surface area contributed by atoms with Crippen LogP contribution in [0, 0.1) is 13.8 Å². The van der Waals surface area contributed by atoms with Crippen molar-refractivity contribution in [3.05, 3.63) is 58.9 Å². The molecule has 5 heteroatoms. The molecule has 0 amide bonds. The van der Waals surface area contributed by atoms with Gasteiger partial charge in [-0.05, 0) is 37.1 Å². The van der Waals surface area contributed by atoms with Gasteiger partial charge in [-0.2, -0.15) is 0 Å². The Morgan fingerprint density at radius 1 is 1.30 bits per heavy atom. The summed E-state index contributed by atoms with van der Waals surface area (Å²) in [5.41, 5.74) is 10.5. The zero-order chi connectivity index (χ0) is 14.5. The van der Waals surface area contributed by atoms with Crippen molar-refractivity contribution >= 4 is 11.5 Å². The number of nitrogens with zero attached hydrogens (tertiary/aromatic N) is 2. The minimum atomic E-state index is 0.0170. The number of aromatic nitrogens is 1. The van der Waals surface area contributed by atoms with Crippen molar-refractivity contribution in [2.45, 2.75) is 20.4 Å². The molecule has 104 valence electrons. The van der Waals surface area contributed by atoms with Gasteiger partial charge in [0.25, 0.3) is 0 Å². The fourth-order valence-electron chi connectivity index (χ4n) is 1.99. The number of nitrogens with two attached hydrogens (primary N) is 1. The molecule has 4 N–H and O–H groups in total. The summed E-state index contributed by atoms with van der Waals surface area (Å²) in [5, 5.41) is 15.1. The van der Waals surface area contributed by atoms with Crippen molar-refractivity contribution in [2.24, 2.45) is 10.9 Å². The van der Waals surface area contributed by atoms with Crippen LogP contribution in [0.2, 0.25) is 0 Å². The van der Waals surface area contributed by atoms with E-state index in [4.69, 9.17) is 10.9 Å². The van der Waals surface area contributed by atoms with Crippen molar-refractivity contribution in [3.63, 3.8) is 0 Å². The minimum Gasteiger partial charge on any atom is -0.409 e. The molecule has 0 aliphatic heterocycles. The first-order valence-electron chi connectivity index (χ1n) is 6.35. The highest BCUT2D eigenvalue weighted by atomic mass is 16.4. The van der Waals surface area contributed by atoms with E-state index >= 15 is 0 Å². The van der Waals surface area contributed by atoms with Crippen LogP contribution in [-0.2, 0) is 6.54 Å². The second-order valence-electron chi connectivity index (χ2n) is 4.60. The van der Waals surface area contributed by atoms with Crippen LogP contribution >= 0.6 is 0 Å². The topological polar surface area (TPSA) is 83.5 Å². The largest absolute Gasteiger partial charge is 0.409 e. The molecule has 0 unspecified atom stereocenters. The standard InChI is InChI=1S/C15H18N4O/c1-10-5-3-7-13(11(10)2)18-9-12-6-4-8-17-14(12)15(16)19-20/h3-8,18,20H,9H2,1-2H3,(H2,16,19). The van der Waals surface area contributed by atoms with Gasteiger partial charge in [0, 0.05) is 24.0 Å². The molecule has 0 bridgehead atoms. The monoisotopic (exact) mass is 270 g/mol. The Morgan fingerprint density at radius 2 is 2.10 bits per heavy atom. The lowest BCUT2D eigenvalue weighted by atomic mass is 10.1. The normalized spacial score (nSPS) is 11.4. The molecule has 0 radical (unpaired) electrons. The van der Waals surface area contributed by atoms with E-state index in [0.29, 0.717) is 12.2 Å². The lowest BCUT2D eigenvalue weighted by molar-refractivity contribution is 0.318. The Labute approximate surface area is 118 Å². The molecule has 0 atom stereocenters. The second kappa shape index (κ2) is 6.06. The van der Waals surface area contributed by atoms with E-state index in [9.17, 15) is 0 Å². The number of aryl methyl sites for hydroxylation is 1. The summed E-state index contributed by atoms with van der Waals surface area (Å²) in [6, 6.07) is 9.85. The molecule has 0 saturated carbocycles. The number of nitrogens with one attached hydrogen (secondary N) is 1. The molecule has 1 aromatic heterocycles. The number of oxime groups is 1. The van der Waals surface area contributed by atoms with Crippen LogP contribution in [0.3, 0.4) is 0 Å². The Morgan fingerprint density at radius 3 is 2.85 bits per heavy atom. The third-order valence-electron chi connectivity index (χ3n) is 3.32. The summed E-state index contributed by atoms with van der Waals surface area (Å²) in [6.45, 7) is 4.71. The summed E-state index contributed by atoms with van der Waals surface area (Å²) in [7, 11) is 0. The lowest BCUT2D eigenvalue weighted by Gasteiger charge is -2.13. The van der Waals surface area contributed by atoms with Crippen LogP contribution < -0.4 is 11.1 Å². The fraction of sp³-hybridized carbons (Fsp3) is 0.200. The summed E-state index contributed by atoms with van der Waals surface area (Å²) in [6.07, 6.45) is 1.62. The third kappa shape index (κ3) is 2.88. The molecular weight excluding hydrogens is 252 g/mol. The maximum Gasteiger partial charge on any atom is 0.189 e. The number of anilines is 1. The summed E-state index contributed by atoms with van der Waals surface area (Å²) in [4.78, 5) is 4.15. The maximum atomic E-state index is 8.78. The molecule has 0 spiro atoms. The smallest absolute Gasteiger partial charge is 0.189 e. The third-order valence-corrected chi connectivity index (χ3v) is 3.32. The van der Waals surface area contributed by atoms with E-state index in [-0.39, 0.29) is 5.84 Å². The Balaban J connectivity index is 2.21. The van der Waals surface area contributed by atoms with E-state index in [1.54, 1.807) is 6.20 Å². The number of benzene rings is 1. The number of hydrogen-bond donors (Lipinski definition) is 3. The number of hydrogen-bond acceptors (Lipinski definition) is 4. The predicted molar refractivity (Wildman–Crippen MR) is 80.0 cm³/mol. The molecule has 1 heterocycles. The fourth-order valence-corrected chi connectivity index (χ4v) is 1.99. The molecule has 5 nitrogen and oxygen atoms in total. The number of amidine groups is 1. The lowest BCUT2D eigenvalue weighted by Crippen LogP contribution is -2.18. The SMILES string of the molecule is Cc1cccc(NCc2cccnc2C(N)=NO)c1C. The Bertz CT molecular complexity index is 638. The van der Waals surface area contributed by atoms with Crippen molar-refractivity contribution < 1.29 is 5.21 Å². The number of rotatable bonds is 4. The van der Waals surface area contributed by atoms with Gasteiger partial charge in [0.1, 0.15) is 5.69 Å². The summed E-state index contributed by atoms with van der Waals surface area (Å²) in [5.74, 6) is 0.0170. The van der Waals surface area contributed by atoms with E-state index < -0.39 is 0 Å². The molecule has 0 aliphatic carbocycles. The van der Waals surface area contributed by atoms with Crippen molar-refractivity contribution in [1.29, 1.82) is 0 Å². The highest BCUT2D eigenvalue weighted by molar-refractivity contribution is 5.96. The van der Waals surface area contributed by atoms with Crippen LogP contribution in [-0.4, -0.2) is 16.0 Å². The average Bonchev–Trinajstić information content (AvgIpc) is 2.48. The zero-order valence-corrected chi connectivity index (χ0v) is 11.6. The van der Waals surface area contributed by atoms with Gasteiger partial charge in [0.05, 0.1) is 0 Å². The zero-order valence-electron chi connectivity index (χ0n) is 11.6. The van der Waals surface area contributed by atoms with Gasteiger partial charge < -0.3 is 16.3 Å². The van der Waals surface area contributed by atoms with E-state index in [1.165, 1.54) is 11.1 Å². The van der Waals surface area contributed by atoms with Crippen LogP contribution in [0.15, 0.2) is 41.7 Å². The van der Waals surface area contributed by atoms with Crippen molar-refractivity contribution in [1.82, 2.24) is 4.98 Å². The van der Waals surface area contributed by atoms with E-state index in [1.807, 2.05) is 24.3 Å². The molecule has 2 rings (SSSR count). The van der Waals surface area contributed by atoms with Gasteiger partial charge >= 0.3 is 0 Å². The average molecular weight is 270 g/mol. The van der Waals surface area contributed by atoms with Gasteiger partial charge in [-0.25, -0.2) is 0 Å². The predicted octanol–water partition coefficient (Wildman–Crippen LogP) is 2.41. The van der Waals surface area contributed by atoms with Crippen LogP contribution in [0.4, 0.5) is 5.69 Å². The first-order chi connectivity index (χ1) is 9.63. The van der Waals surface area contributed by atoms with E-state index in [2.05, 4.69) is 35.4 Å². The van der Waals surface area contributed by atoms with Gasteiger partial charge in [-0.3, -0.25) is 4.98 Å². The molecule has 1 aromatic carbocycles. The quantitative estimate of drug-likeness (QED) is 0.345. The van der Waals surface area contributed by atoms with Gasteiger partial charge in [-0.15, -0.1) is 0 Å². The maximum absolute atomic E-state index is 8.78. The number of pyridine rings is 1. The highest BCUT2D eigenvalue weighted by Crippen LogP contribution is 2.19. The molecular formula is C15H18N4O. The van der Waals surface area contributed by atoms with Crippen molar-refractivity contribution in [2.75, 3.05) is 5.32 Å². The Kier molecular flexibility index (Phi) is 4.20. The van der Waals surface area contributed by atoms with Crippen LogP contribution in [0.1, 0.15) is 22.4 Å². The van der Waals surface area contributed by atoms with Gasteiger partial charge in [0.15, 0.2) is 5.84 Å². The molecule has 20 heavy (non-hydrogen) atoms. The van der Waals surface area contributed by atoms with Gasteiger partial charge in [0.2, 0.25) is 0 Å². The molecule has 0 fully saturated rings. The molecule has 2 aromatic rings. The summed E-state index contributed by atoms with van der Waals surface area (Å²) < 4.78 is 0.